The maximum Gasteiger partial charge on any atom is 0.283 e. The van der Waals surface area contributed by atoms with Crippen molar-refractivity contribution >= 4 is 51.3 Å². The topological polar surface area (TPSA) is 79.9 Å². The van der Waals surface area contributed by atoms with Gasteiger partial charge in [-0.15, -0.1) is 0 Å². The van der Waals surface area contributed by atoms with E-state index in [2.05, 4.69) is 9.56 Å². The third-order valence-electron chi connectivity index (χ3n) is 6.45. The van der Waals surface area contributed by atoms with E-state index in [-0.39, 0.29) is 11.4 Å². The summed E-state index contributed by atoms with van der Waals surface area (Å²) in [4.78, 5) is 19.1. The highest BCUT2D eigenvalue weighted by Crippen LogP contribution is 2.37. The number of thioether (sulfide) groups is 1. The summed E-state index contributed by atoms with van der Waals surface area (Å²) >= 11 is 1.36. The summed E-state index contributed by atoms with van der Waals surface area (Å²) < 4.78 is 13.3. The zero-order chi connectivity index (χ0) is 26.1. The summed E-state index contributed by atoms with van der Waals surface area (Å²) in [6.45, 7) is 1.07. The Kier molecular flexibility index (Phi) is 6.31. The number of ether oxygens (including phenoxy) is 2. The van der Waals surface area contributed by atoms with Crippen molar-refractivity contribution in [1.82, 2.24) is 9.47 Å². The molecule has 1 amide bonds. The molecule has 7 nitrogen and oxygen atoms in total. The number of carbonyl (C=O) groups is 1. The fraction of sp³-hybridized carbons (Fsp3) is 0.100. The van der Waals surface area contributed by atoms with Crippen LogP contribution in [0.2, 0.25) is 0 Å². The first kappa shape index (κ1) is 23.8. The predicted octanol–water partition coefficient (Wildman–Crippen LogP) is 6.03. The van der Waals surface area contributed by atoms with E-state index in [1.807, 2.05) is 90.5 Å². The number of methoxy groups -OCH3 is 1. The zero-order valence-electron chi connectivity index (χ0n) is 20.6. The summed E-state index contributed by atoms with van der Waals surface area (Å²) in [7, 11) is 1.63. The Morgan fingerprint density at radius 2 is 1.79 bits per heavy atom. The van der Waals surface area contributed by atoms with Crippen LogP contribution in [-0.2, 0) is 11.3 Å². The first-order valence-corrected chi connectivity index (χ1v) is 13.0. The van der Waals surface area contributed by atoms with Gasteiger partial charge in [0.05, 0.1) is 24.9 Å². The SMILES string of the molecule is COc1cccc(OCCn2cc(/C=C3/C(=N)N4C(c5ccccc5)=CSC4=NC3=O)c3ccccc32)c1. The van der Waals surface area contributed by atoms with Gasteiger partial charge >= 0.3 is 0 Å². The Morgan fingerprint density at radius 1 is 1.00 bits per heavy atom. The van der Waals surface area contributed by atoms with Gasteiger partial charge in [0, 0.05) is 34.1 Å². The average molecular weight is 521 g/mol. The number of amides is 1. The molecule has 0 atom stereocenters. The molecule has 0 spiro atoms. The van der Waals surface area contributed by atoms with Crippen molar-refractivity contribution in [3.8, 4) is 11.5 Å². The molecule has 0 bridgehead atoms. The Bertz CT molecular complexity index is 1650. The molecular weight excluding hydrogens is 496 g/mol. The minimum Gasteiger partial charge on any atom is -0.497 e. The van der Waals surface area contributed by atoms with Gasteiger partial charge in [-0.3, -0.25) is 15.1 Å². The van der Waals surface area contributed by atoms with Gasteiger partial charge in [0.25, 0.3) is 5.91 Å². The first-order valence-electron chi connectivity index (χ1n) is 12.1. The highest BCUT2D eigenvalue weighted by atomic mass is 32.2. The fourth-order valence-corrected chi connectivity index (χ4v) is 5.49. The van der Waals surface area contributed by atoms with Crippen LogP contribution in [0.15, 0.2) is 101 Å². The Morgan fingerprint density at radius 3 is 2.63 bits per heavy atom. The second-order valence-electron chi connectivity index (χ2n) is 8.75. The quantitative estimate of drug-likeness (QED) is 0.301. The van der Waals surface area contributed by atoms with Gasteiger partial charge in [-0.1, -0.05) is 66.4 Å². The molecule has 0 saturated carbocycles. The molecule has 2 aliphatic heterocycles. The molecule has 2 aliphatic rings. The highest BCUT2D eigenvalue weighted by Gasteiger charge is 2.36. The summed E-state index contributed by atoms with van der Waals surface area (Å²) in [6.07, 6.45) is 3.78. The molecule has 0 fully saturated rings. The minimum atomic E-state index is -0.408. The average Bonchev–Trinajstić information content (AvgIpc) is 3.53. The standard InChI is InChI=1S/C30H24N4O3S/c1-36-22-10-7-11-23(17-22)37-15-14-33-18-21(24-12-5-6-13-26(24)33)16-25-28(31)34-27(20-8-3-2-4-9-20)19-38-30(34)32-29(25)35/h2-13,16-19,31H,14-15H2,1H3/b25-16-,31-28?. The number of aliphatic imine (C=N–C) groups is 1. The first-order chi connectivity index (χ1) is 18.6. The van der Waals surface area contributed by atoms with E-state index in [9.17, 15) is 4.79 Å². The van der Waals surface area contributed by atoms with Crippen molar-refractivity contribution in [2.75, 3.05) is 13.7 Å². The van der Waals surface area contributed by atoms with Crippen LogP contribution in [0.5, 0.6) is 11.5 Å². The van der Waals surface area contributed by atoms with Crippen LogP contribution in [0.3, 0.4) is 0 Å². The van der Waals surface area contributed by atoms with Gasteiger partial charge in [-0.2, -0.15) is 4.99 Å². The summed E-state index contributed by atoms with van der Waals surface area (Å²) in [5, 5.41) is 12.4. The van der Waals surface area contributed by atoms with Crippen molar-refractivity contribution in [1.29, 1.82) is 5.41 Å². The summed E-state index contributed by atoms with van der Waals surface area (Å²) in [5.41, 5.74) is 3.94. The van der Waals surface area contributed by atoms with Gasteiger partial charge in [0.15, 0.2) is 5.17 Å². The monoisotopic (exact) mass is 520 g/mol. The van der Waals surface area contributed by atoms with Crippen LogP contribution in [0.4, 0.5) is 0 Å². The number of aromatic nitrogens is 1. The number of fused-ring (bicyclic) bond motifs is 2. The molecule has 188 valence electrons. The molecule has 0 saturated heterocycles. The van der Waals surface area contributed by atoms with Gasteiger partial charge < -0.3 is 14.0 Å². The van der Waals surface area contributed by atoms with Crippen molar-refractivity contribution in [3.05, 3.63) is 107 Å². The normalized spacial score (nSPS) is 16.0. The van der Waals surface area contributed by atoms with Crippen LogP contribution in [-0.4, -0.2) is 40.1 Å². The lowest BCUT2D eigenvalue weighted by Crippen LogP contribution is -2.38. The smallest absolute Gasteiger partial charge is 0.283 e. The van der Waals surface area contributed by atoms with E-state index in [1.165, 1.54) is 11.8 Å². The fourth-order valence-electron chi connectivity index (χ4n) is 4.60. The Hall–Kier alpha value is -4.56. The number of benzene rings is 3. The van der Waals surface area contributed by atoms with Crippen molar-refractivity contribution in [2.24, 2.45) is 4.99 Å². The van der Waals surface area contributed by atoms with Gasteiger partial charge in [-0.05, 0) is 29.8 Å². The molecule has 0 aliphatic carbocycles. The minimum absolute atomic E-state index is 0.123. The molecule has 1 N–H and O–H groups in total. The number of nitrogens with one attached hydrogen (secondary N) is 1. The number of amidine groups is 2. The molecular formula is C30H24N4O3S. The van der Waals surface area contributed by atoms with Crippen LogP contribution in [0.1, 0.15) is 11.1 Å². The third kappa shape index (κ3) is 4.39. The number of carbonyl (C=O) groups excluding carboxylic acids is 1. The van der Waals surface area contributed by atoms with Gasteiger partial charge in [0.2, 0.25) is 0 Å². The van der Waals surface area contributed by atoms with E-state index >= 15 is 0 Å². The number of hydrogen-bond acceptors (Lipinski definition) is 5. The van der Waals surface area contributed by atoms with E-state index in [1.54, 1.807) is 18.1 Å². The lowest BCUT2D eigenvalue weighted by molar-refractivity contribution is -0.114. The van der Waals surface area contributed by atoms with E-state index < -0.39 is 5.91 Å². The van der Waals surface area contributed by atoms with Crippen molar-refractivity contribution in [2.45, 2.75) is 6.54 Å². The molecule has 3 heterocycles. The Balaban J connectivity index is 1.29. The number of para-hydroxylation sites is 1. The maximum absolute atomic E-state index is 13.0. The van der Waals surface area contributed by atoms with E-state index in [0.29, 0.717) is 18.3 Å². The number of hydrogen-bond donors (Lipinski definition) is 1. The second kappa shape index (κ2) is 10.1. The highest BCUT2D eigenvalue weighted by molar-refractivity contribution is 8.17. The number of nitrogens with zero attached hydrogens (tertiary/aromatic N) is 3. The maximum atomic E-state index is 13.0. The molecule has 4 aromatic rings. The molecule has 1 aromatic heterocycles. The van der Waals surface area contributed by atoms with Crippen molar-refractivity contribution in [3.63, 3.8) is 0 Å². The van der Waals surface area contributed by atoms with Gasteiger partial charge in [0.1, 0.15) is 23.9 Å². The predicted molar refractivity (Wildman–Crippen MR) is 152 cm³/mol. The lowest BCUT2D eigenvalue weighted by atomic mass is 10.1. The van der Waals surface area contributed by atoms with Crippen molar-refractivity contribution < 1.29 is 14.3 Å². The van der Waals surface area contributed by atoms with Crippen LogP contribution < -0.4 is 9.47 Å². The lowest BCUT2D eigenvalue weighted by Gasteiger charge is -2.26. The zero-order valence-corrected chi connectivity index (χ0v) is 21.4. The second-order valence-corrected chi connectivity index (χ2v) is 9.59. The van der Waals surface area contributed by atoms with E-state index in [4.69, 9.17) is 14.9 Å². The molecule has 38 heavy (non-hydrogen) atoms. The van der Waals surface area contributed by atoms with E-state index in [0.717, 1.165) is 39.2 Å². The van der Waals surface area contributed by atoms with Gasteiger partial charge in [-0.25, -0.2) is 0 Å². The third-order valence-corrected chi connectivity index (χ3v) is 7.27. The molecule has 8 heteroatoms. The van der Waals surface area contributed by atoms with Crippen LogP contribution in [0, 0.1) is 5.41 Å². The van der Waals surface area contributed by atoms with Crippen LogP contribution in [0.25, 0.3) is 22.7 Å². The molecule has 0 radical (unpaired) electrons. The Labute approximate surface area is 224 Å². The molecule has 6 rings (SSSR count). The number of rotatable bonds is 7. The van der Waals surface area contributed by atoms with Crippen LogP contribution >= 0.6 is 11.8 Å². The summed E-state index contributed by atoms with van der Waals surface area (Å²) in [6, 6.07) is 25.4. The largest absolute Gasteiger partial charge is 0.497 e. The molecule has 0 unspecified atom stereocenters. The molecule has 3 aromatic carbocycles. The summed E-state index contributed by atoms with van der Waals surface area (Å²) in [5.74, 6) is 1.20.